The van der Waals surface area contributed by atoms with E-state index in [1.54, 1.807) is 9.80 Å². The molecule has 0 spiro atoms. The van der Waals surface area contributed by atoms with Gasteiger partial charge in [-0.05, 0) is 23.6 Å². The first-order valence-electron chi connectivity index (χ1n) is 7.30. The summed E-state index contributed by atoms with van der Waals surface area (Å²) in [6.45, 7) is 5.75. The molecule has 1 heterocycles. The zero-order chi connectivity index (χ0) is 15.4. The Bertz CT molecular complexity index is 503. The molecule has 0 radical (unpaired) electrons. The van der Waals surface area contributed by atoms with Crippen LogP contribution in [0.25, 0.3) is 0 Å². The molecule has 2 rings (SSSR count). The molecule has 1 aromatic rings. The van der Waals surface area contributed by atoms with E-state index in [2.05, 4.69) is 13.8 Å². The van der Waals surface area contributed by atoms with Crippen LogP contribution in [0.15, 0.2) is 24.3 Å². The lowest BCUT2D eigenvalue weighted by molar-refractivity contribution is -0.135. The standard InChI is InChI=1S/C16H22N2O3/c1-12(2)13-3-5-14(6-4-13)16(21)18-9-7-17(8-10-18)15(20)11-19/h3-6,12,19H,7-11H2,1-2H3. The summed E-state index contributed by atoms with van der Waals surface area (Å²) in [6, 6.07) is 7.71. The number of rotatable bonds is 3. The highest BCUT2D eigenvalue weighted by molar-refractivity contribution is 5.94. The number of aliphatic hydroxyl groups excluding tert-OH is 1. The highest BCUT2D eigenvalue weighted by atomic mass is 16.3. The highest BCUT2D eigenvalue weighted by Crippen LogP contribution is 2.16. The normalized spacial score (nSPS) is 15.4. The molecule has 1 aliphatic rings. The van der Waals surface area contributed by atoms with Crippen molar-refractivity contribution in [2.24, 2.45) is 0 Å². The minimum atomic E-state index is -0.468. The fourth-order valence-corrected chi connectivity index (χ4v) is 2.45. The van der Waals surface area contributed by atoms with Gasteiger partial charge in [0.05, 0.1) is 0 Å². The maximum absolute atomic E-state index is 12.4. The fraction of sp³-hybridized carbons (Fsp3) is 0.500. The van der Waals surface area contributed by atoms with Gasteiger partial charge in [0.25, 0.3) is 5.91 Å². The number of aliphatic hydroxyl groups is 1. The summed E-state index contributed by atoms with van der Waals surface area (Å²) in [5, 5.41) is 8.84. The van der Waals surface area contributed by atoms with Gasteiger partial charge in [0.2, 0.25) is 5.91 Å². The lowest BCUT2D eigenvalue weighted by atomic mass is 10.0. The third-order valence-electron chi connectivity index (χ3n) is 3.88. The summed E-state index contributed by atoms with van der Waals surface area (Å²) in [4.78, 5) is 27.1. The van der Waals surface area contributed by atoms with Crippen LogP contribution in [0.2, 0.25) is 0 Å². The molecule has 5 heteroatoms. The van der Waals surface area contributed by atoms with Crippen LogP contribution >= 0.6 is 0 Å². The van der Waals surface area contributed by atoms with Crippen LogP contribution in [-0.4, -0.2) is 59.5 Å². The van der Waals surface area contributed by atoms with Crippen LogP contribution in [0.5, 0.6) is 0 Å². The molecule has 0 atom stereocenters. The highest BCUT2D eigenvalue weighted by Gasteiger charge is 2.24. The molecule has 1 aromatic carbocycles. The Kier molecular flexibility index (Phi) is 4.96. The van der Waals surface area contributed by atoms with Gasteiger partial charge in [-0.2, -0.15) is 0 Å². The molecule has 0 saturated carbocycles. The zero-order valence-corrected chi connectivity index (χ0v) is 12.6. The predicted octanol–water partition coefficient (Wildman–Crippen LogP) is 1.09. The van der Waals surface area contributed by atoms with Crippen molar-refractivity contribution in [1.29, 1.82) is 0 Å². The maximum atomic E-state index is 12.4. The number of benzene rings is 1. The fourth-order valence-electron chi connectivity index (χ4n) is 2.45. The van der Waals surface area contributed by atoms with Crippen molar-refractivity contribution in [3.8, 4) is 0 Å². The summed E-state index contributed by atoms with van der Waals surface area (Å²) in [5.74, 6) is 0.173. The number of hydrogen-bond donors (Lipinski definition) is 1. The van der Waals surface area contributed by atoms with Crippen molar-refractivity contribution in [2.45, 2.75) is 19.8 Å². The van der Waals surface area contributed by atoms with Crippen molar-refractivity contribution in [2.75, 3.05) is 32.8 Å². The quantitative estimate of drug-likeness (QED) is 0.906. The van der Waals surface area contributed by atoms with Crippen molar-refractivity contribution in [3.05, 3.63) is 35.4 Å². The molecule has 1 N–H and O–H groups in total. The Morgan fingerprint density at radius 3 is 2.05 bits per heavy atom. The largest absolute Gasteiger partial charge is 0.387 e. The predicted molar refractivity (Wildman–Crippen MR) is 80.1 cm³/mol. The third-order valence-corrected chi connectivity index (χ3v) is 3.88. The number of amides is 2. The van der Waals surface area contributed by atoms with E-state index < -0.39 is 6.61 Å². The van der Waals surface area contributed by atoms with Gasteiger partial charge < -0.3 is 14.9 Å². The summed E-state index contributed by atoms with van der Waals surface area (Å²) < 4.78 is 0. The minimum Gasteiger partial charge on any atom is -0.387 e. The van der Waals surface area contributed by atoms with Gasteiger partial charge in [-0.25, -0.2) is 0 Å². The van der Waals surface area contributed by atoms with E-state index >= 15 is 0 Å². The second-order valence-electron chi connectivity index (χ2n) is 5.61. The van der Waals surface area contributed by atoms with Crippen LogP contribution < -0.4 is 0 Å². The Hall–Kier alpha value is -1.88. The van der Waals surface area contributed by atoms with Crippen molar-refractivity contribution >= 4 is 11.8 Å². The average Bonchev–Trinajstić information content (AvgIpc) is 2.53. The molecule has 2 amide bonds. The Balaban J connectivity index is 1.97. The molecule has 0 aliphatic carbocycles. The smallest absolute Gasteiger partial charge is 0.253 e. The van der Waals surface area contributed by atoms with Crippen LogP contribution in [-0.2, 0) is 4.79 Å². The molecule has 5 nitrogen and oxygen atoms in total. The topological polar surface area (TPSA) is 60.9 Å². The summed E-state index contributed by atoms with van der Waals surface area (Å²) in [5.41, 5.74) is 1.89. The average molecular weight is 290 g/mol. The zero-order valence-electron chi connectivity index (χ0n) is 12.6. The molecule has 0 unspecified atom stereocenters. The summed E-state index contributed by atoms with van der Waals surface area (Å²) in [7, 11) is 0. The molecule has 0 aromatic heterocycles. The summed E-state index contributed by atoms with van der Waals surface area (Å²) >= 11 is 0. The lowest BCUT2D eigenvalue weighted by Crippen LogP contribution is -2.51. The van der Waals surface area contributed by atoms with Crippen molar-refractivity contribution < 1.29 is 14.7 Å². The van der Waals surface area contributed by atoms with Crippen LogP contribution in [0.3, 0.4) is 0 Å². The number of carbonyl (C=O) groups is 2. The minimum absolute atomic E-state index is 0.00130. The number of carbonyl (C=O) groups excluding carboxylic acids is 2. The second kappa shape index (κ2) is 6.72. The van der Waals surface area contributed by atoms with E-state index in [1.165, 1.54) is 5.56 Å². The van der Waals surface area contributed by atoms with E-state index in [0.717, 1.165) is 0 Å². The molecule has 1 fully saturated rings. The second-order valence-corrected chi connectivity index (χ2v) is 5.61. The van der Waals surface area contributed by atoms with E-state index in [4.69, 9.17) is 5.11 Å². The third kappa shape index (κ3) is 3.61. The van der Waals surface area contributed by atoms with Crippen LogP contribution in [0, 0.1) is 0 Å². The molecule has 0 bridgehead atoms. The van der Waals surface area contributed by atoms with E-state index in [-0.39, 0.29) is 11.8 Å². The van der Waals surface area contributed by atoms with Crippen molar-refractivity contribution in [1.82, 2.24) is 9.80 Å². The molecule has 1 aliphatic heterocycles. The van der Waals surface area contributed by atoms with Gasteiger partial charge in [-0.1, -0.05) is 26.0 Å². The van der Waals surface area contributed by atoms with E-state index in [9.17, 15) is 9.59 Å². The maximum Gasteiger partial charge on any atom is 0.253 e. The molecule has 114 valence electrons. The van der Waals surface area contributed by atoms with Gasteiger partial charge in [-0.3, -0.25) is 9.59 Å². The molecular weight excluding hydrogens is 268 g/mol. The van der Waals surface area contributed by atoms with Gasteiger partial charge >= 0.3 is 0 Å². The van der Waals surface area contributed by atoms with Gasteiger partial charge in [0.1, 0.15) is 6.61 Å². The SMILES string of the molecule is CC(C)c1ccc(C(=O)N2CCN(C(=O)CO)CC2)cc1. The van der Waals surface area contributed by atoms with Crippen LogP contribution in [0.1, 0.15) is 35.7 Å². The first-order valence-corrected chi connectivity index (χ1v) is 7.30. The van der Waals surface area contributed by atoms with Gasteiger partial charge in [-0.15, -0.1) is 0 Å². The van der Waals surface area contributed by atoms with Gasteiger partial charge in [0, 0.05) is 31.7 Å². The molecule has 21 heavy (non-hydrogen) atoms. The number of piperazine rings is 1. The van der Waals surface area contributed by atoms with E-state index in [0.29, 0.717) is 37.7 Å². The Labute approximate surface area is 125 Å². The number of nitrogens with zero attached hydrogens (tertiary/aromatic N) is 2. The summed E-state index contributed by atoms with van der Waals surface area (Å²) in [6.07, 6.45) is 0. The van der Waals surface area contributed by atoms with Crippen LogP contribution in [0.4, 0.5) is 0 Å². The number of hydrogen-bond acceptors (Lipinski definition) is 3. The Morgan fingerprint density at radius 2 is 1.57 bits per heavy atom. The monoisotopic (exact) mass is 290 g/mol. The Morgan fingerprint density at radius 1 is 1.05 bits per heavy atom. The van der Waals surface area contributed by atoms with E-state index in [1.807, 2.05) is 24.3 Å². The first-order chi connectivity index (χ1) is 10.0. The molecular formula is C16H22N2O3. The van der Waals surface area contributed by atoms with Crippen molar-refractivity contribution in [3.63, 3.8) is 0 Å². The molecule has 1 saturated heterocycles. The lowest BCUT2D eigenvalue weighted by Gasteiger charge is -2.34. The first kappa shape index (κ1) is 15.5. The van der Waals surface area contributed by atoms with Gasteiger partial charge in [0.15, 0.2) is 0 Å².